The monoisotopic (exact) mass is 264 g/mol. The largest absolute Gasteiger partial charge is 0.456 e. The molecular weight excluding hydrogens is 252 g/mol. The maximum atomic E-state index is 12.2. The van der Waals surface area contributed by atoms with Crippen molar-refractivity contribution in [3.8, 4) is 11.3 Å². The first-order valence-electron chi connectivity index (χ1n) is 6.29. The van der Waals surface area contributed by atoms with Crippen LogP contribution in [0.3, 0.4) is 0 Å². The Bertz CT molecular complexity index is 845. The third-order valence-corrected chi connectivity index (χ3v) is 3.19. The fourth-order valence-corrected chi connectivity index (χ4v) is 2.12. The minimum Gasteiger partial charge on any atom is -0.456 e. The number of hydrogen-bond acceptors (Lipinski definition) is 3. The van der Waals surface area contributed by atoms with Crippen molar-refractivity contribution in [2.24, 2.45) is 0 Å². The zero-order valence-corrected chi connectivity index (χ0v) is 10.9. The fraction of sp³-hybridized carbons (Fsp3) is 0.0588. The Morgan fingerprint density at radius 2 is 1.75 bits per heavy atom. The minimum absolute atomic E-state index is 0.0709. The summed E-state index contributed by atoms with van der Waals surface area (Å²) in [7, 11) is 0. The van der Waals surface area contributed by atoms with Gasteiger partial charge in [0.2, 0.25) is 0 Å². The Kier molecular flexibility index (Phi) is 2.95. The van der Waals surface area contributed by atoms with Crippen molar-refractivity contribution in [2.45, 2.75) is 6.92 Å². The Balaban J connectivity index is 2.24. The van der Waals surface area contributed by atoms with E-state index in [0.29, 0.717) is 22.3 Å². The number of hydrogen-bond donors (Lipinski definition) is 0. The summed E-state index contributed by atoms with van der Waals surface area (Å²) < 4.78 is 5.75. The first-order chi connectivity index (χ1) is 9.65. The summed E-state index contributed by atoms with van der Waals surface area (Å²) in [6.07, 6.45) is 0. The van der Waals surface area contributed by atoms with E-state index >= 15 is 0 Å². The quantitative estimate of drug-likeness (QED) is 0.663. The van der Waals surface area contributed by atoms with Crippen LogP contribution in [0.5, 0.6) is 0 Å². The van der Waals surface area contributed by atoms with Crippen molar-refractivity contribution in [1.82, 2.24) is 0 Å². The molecule has 0 aliphatic carbocycles. The average molecular weight is 264 g/mol. The summed E-state index contributed by atoms with van der Waals surface area (Å²) in [5, 5.41) is 0.428. The maximum absolute atomic E-state index is 12.2. The smallest absolute Gasteiger partial charge is 0.193 e. The molecule has 0 bridgehead atoms. The summed E-state index contributed by atoms with van der Waals surface area (Å²) in [5.41, 5.74) is 1.70. The van der Waals surface area contributed by atoms with Crippen LogP contribution in [0, 0.1) is 0 Å². The molecule has 0 spiro atoms. The van der Waals surface area contributed by atoms with Crippen LogP contribution in [0.4, 0.5) is 0 Å². The molecule has 3 aromatic rings. The zero-order valence-electron chi connectivity index (χ0n) is 10.9. The Morgan fingerprint density at radius 1 is 1.00 bits per heavy atom. The second-order valence-corrected chi connectivity index (χ2v) is 4.61. The Hall–Kier alpha value is -2.68. The second-order valence-electron chi connectivity index (χ2n) is 4.61. The van der Waals surface area contributed by atoms with E-state index in [1.54, 1.807) is 18.2 Å². The first-order valence-corrected chi connectivity index (χ1v) is 6.29. The molecule has 1 heterocycles. The second kappa shape index (κ2) is 4.78. The van der Waals surface area contributed by atoms with Crippen molar-refractivity contribution in [2.75, 3.05) is 0 Å². The van der Waals surface area contributed by atoms with E-state index < -0.39 is 0 Å². The predicted molar refractivity (Wildman–Crippen MR) is 77.9 cm³/mol. The third kappa shape index (κ3) is 2.14. The van der Waals surface area contributed by atoms with E-state index in [2.05, 4.69) is 0 Å². The zero-order chi connectivity index (χ0) is 14.1. The maximum Gasteiger partial charge on any atom is 0.193 e. The van der Waals surface area contributed by atoms with E-state index in [1.807, 2.05) is 30.3 Å². The van der Waals surface area contributed by atoms with Gasteiger partial charge < -0.3 is 4.42 Å². The van der Waals surface area contributed by atoms with Gasteiger partial charge >= 0.3 is 0 Å². The highest BCUT2D eigenvalue weighted by atomic mass is 16.3. The number of Topliss-reactive ketones (excluding diaryl/α,β-unsaturated/α-hetero) is 1. The van der Waals surface area contributed by atoms with E-state index in [9.17, 15) is 9.59 Å². The van der Waals surface area contributed by atoms with Gasteiger partial charge in [-0.1, -0.05) is 30.3 Å². The summed E-state index contributed by atoms with van der Waals surface area (Å²) >= 11 is 0. The lowest BCUT2D eigenvalue weighted by Crippen LogP contribution is -2.02. The molecule has 0 amide bonds. The molecular formula is C17H12O3. The first kappa shape index (κ1) is 12.4. The normalized spacial score (nSPS) is 10.7. The van der Waals surface area contributed by atoms with Gasteiger partial charge in [-0.05, 0) is 25.1 Å². The van der Waals surface area contributed by atoms with Crippen LogP contribution in [0.25, 0.3) is 22.3 Å². The standard InChI is InChI=1S/C17H12O3/c1-11(18)13-7-8-16-14(9-13)15(19)10-17(20-16)12-5-3-2-4-6-12/h2-10H,1H3. The molecule has 0 saturated carbocycles. The average Bonchev–Trinajstić information content (AvgIpc) is 2.47. The molecule has 0 radical (unpaired) electrons. The summed E-state index contributed by atoms with van der Waals surface area (Å²) in [6.45, 7) is 1.47. The van der Waals surface area contributed by atoms with Crippen LogP contribution in [0.2, 0.25) is 0 Å². The highest BCUT2D eigenvalue weighted by Gasteiger charge is 2.08. The lowest BCUT2D eigenvalue weighted by atomic mass is 10.1. The molecule has 3 heteroatoms. The third-order valence-electron chi connectivity index (χ3n) is 3.19. The van der Waals surface area contributed by atoms with Crippen LogP contribution >= 0.6 is 0 Å². The molecule has 98 valence electrons. The molecule has 3 nitrogen and oxygen atoms in total. The van der Waals surface area contributed by atoms with E-state index in [1.165, 1.54) is 13.0 Å². The van der Waals surface area contributed by atoms with Gasteiger partial charge in [0.25, 0.3) is 0 Å². The number of fused-ring (bicyclic) bond motifs is 1. The van der Waals surface area contributed by atoms with E-state index in [-0.39, 0.29) is 11.2 Å². The topological polar surface area (TPSA) is 47.3 Å². The molecule has 0 aliphatic rings. The van der Waals surface area contributed by atoms with E-state index in [0.717, 1.165) is 5.56 Å². The van der Waals surface area contributed by atoms with Gasteiger partial charge in [-0.25, -0.2) is 0 Å². The number of rotatable bonds is 2. The molecule has 0 N–H and O–H groups in total. The number of benzene rings is 2. The van der Waals surface area contributed by atoms with Crippen molar-refractivity contribution in [3.05, 3.63) is 70.4 Å². The van der Waals surface area contributed by atoms with Crippen molar-refractivity contribution >= 4 is 16.8 Å². The molecule has 20 heavy (non-hydrogen) atoms. The summed E-state index contributed by atoms with van der Waals surface area (Å²) in [6, 6.07) is 15.8. The van der Waals surface area contributed by atoms with Crippen molar-refractivity contribution < 1.29 is 9.21 Å². The van der Waals surface area contributed by atoms with Crippen LogP contribution < -0.4 is 5.43 Å². The molecule has 0 unspecified atom stereocenters. The molecule has 0 saturated heterocycles. The van der Waals surface area contributed by atoms with Crippen LogP contribution in [0.15, 0.2) is 63.8 Å². The molecule has 3 rings (SSSR count). The minimum atomic E-state index is -0.145. The van der Waals surface area contributed by atoms with Crippen molar-refractivity contribution in [3.63, 3.8) is 0 Å². The number of ketones is 1. The van der Waals surface area contributed by atoms with Crippen LogP contribution in [-0.4, -0.2) is 5.78 Å². The van der Waals surface area contributed by atoms with Gasteiger partial charge in [-0.3, -0.25) is 9.59 Å². The van der Waals surface area contributed by atoms with Gasteiger partial charge in [-0.15, -0.1) is 0 Å². The highest BCUT2D eigenvalue weighted by molar-refractivity contribution is 5.97. The number of carbonyl (C=O) groups is 1. The van der Waals surface area contributed by atoms with Crippen LogP contribution in [0.1, 0.15) is 17.3 Å². The van der Waals surface area contributed by atoms with Crippen LogP contribution in [-0.2, 0) is 0 Å². The number of carbonyl (C=O) groups excluding carboxylic acids is 1. The van der Waals surface area contributed by atoms with Gasteiger partial charge in [0.1, 0.15) is 11.3 Å². The highest BCUT2D eigenvalue weighted by Crippen LogP contribution is 2.22. The van der Waals surface area contributed by atoms with E-state index in [4.69, 9.17) is 4.42 Å². The molecule has 0 aliphatic heterocycles. The fourth-order valence-electron chi connectivity index (χ4n) is 2.12. The molecule has 0 fully saturated rings. The molecule has 1 aromatic heterocycles. The summed E-state index contributed by atoms with van der Waals surface area (Å²) in [4.78, 5) is 23.5. The predicted octanol–water partition coefficient (Wildman–Crippen LogP) is 3.66. The SMILES string of the molecule is CC(=O)c1ccc2oc(-c3ccccc3)cc(=O)c2c1. The van der Waals surface area contributed by atoms with Gasteiger partial charge in [0, 0.05) is 17.2 Å². The Labute approximate surface area is 115 Å². The lowest BCUT2D eigenvalue weighted by Gasteiger charge is -2.04. The van der Waals surface area contributed by atoms with Gasteiger partial charge in [0.15, 0.2) is 11.2 Å². The lowest BCUT2D eigenvalue weighted by molar-refractivity contribution is 0.101. The molecule has 0 atom stereocenters. The van der Waals surface area contributed by atoms with Crippen molar-refractivity contribution in [1.29, 1.82) is 0 Å². The summed E-state index contributed by atoms with van der Waals surface area (Å²) in [5.74, 6) is 0.456. The van der Waals surface area contributed by atoms with Gasteiger partial charge in [-0.2, -0.15) is 0 Å². The Morgan fingerprint density at radius 3 is 2.45 bits per heavy atom. The van der Waals surface area contributed by atoms with Gasteiger partial charge in [0.05, 0.1) is 5.39 Å². The molecule has 2 aromatic carbocycles.